The lowest BCUT2D eigenvalue weighted by Crippen LogP contribution is -2.52. The van der Waals surface area contributed by atoms with E-state index in [1.807, 2.05) is 21.0 Å². The molecule has 0 atom stereocenters. The van der Waals surface area contributed by atoms with E-state index in [2.05, 4.69) is 10.2 Å². The number of nitrogens with one attached hydrogen (secondary N) is 1. The van der Waals surface area contributed by atoms with Gasteiger partial charge in [-0.25, -0.2) is 0 Å². The minimum Gasteiger partial charge on any atom is -0.465 e. The topological polar surface area (TPSA) is 41.6 Å². The molecule has 0 radical (unpaired) electrons. The number of nitrogens with zero attached hydrogens (tertiary/aromatic N) is 1. The fourth-order valence-corrected chi connectivity index (χ4v) is 2.22. The molecule has 1 aliphatic rings. The van der Waals surface area contributed by atoms with Crippen LogP contribution in [0.4, 0.5) is 0 Å². The second-order valence-corrected chi connectivity index (χ2v) is 4.74. The van der Waals surface area contributed by atoms with Crippen molar-refractivity contribution in [2.24, 2.45) is 0 Å². The van der Waals surface area contributed by atoms with Crippen LogP contribution in [0.3, 0.4) is 0 Å². The third-order valence-electron chi connectivity index (χ3n) is 3.15. The van der Waals surface area contributed by atoms with Crippen LogP contribution in [0, 0.1) is 0 Å². The first-order chi connectivity index (χ1) is 7.60. The Balaban J connectivity index is 2.48. The van der Waals surface area contributed by atoms with Gasteiger partial charge < -0.3 is 15.0 Å². The first-order valence-electron chi connectivity index (χ1n) is 6.18. The Hall–Kier alpha value is -0.610. The summed E-state index contributed by atoms with van der Waals surface area (Å²) >= 11 is 0. The summed E-state index contributed by atoms with van der Waals surface area (Å²) in [6.07, 6.45) is 4.07. The van der Waals surface area contributed by atoms with Crippen LogP contribution in [0.1, 0.15) is 32.6 Å². The highest BCUT2D eigenvalue weighted by atomic mass is 16.5. The van der Waals surface area contributed by atoms with Crippen LogP contribution in [-0.4, -0.2) is 50.2 Å². The molecule has 0 saturated heterocycles. The van der Waals surface area contributed by atoms with E-state index in [1.54, 1.807) is 0 Å². The predicted octanol–water partition coefficient (Wildman–Crippen LogP) is 1.01. The molecule has 4 nitrogen and oxygen atoms in total. The largest absolute Gasteiger partial charge is 0.465 e. The van der Waals surface area contributed by atoms with E-state index in [0.717, 1.165) is 38.8 Å². The molecule has 0 heterocycles. The lowest BCUT2D eigenvalue weighted by Gasteiger charge is -2.28. The number of esters is 1. The highest BCUT2D eigenvalue weighted by Crippen LogP contribution is 2.30. The van der Waals surface area contributed by atoms with E-state index >= 15 is 0 Å². The monoisotopic (exact) mass is 228 g/mol. The van der Waals surface area contributed by atoms with Gasteiger partial charge in [0.15, 0.2) is 0 Å². The summed E-state index contributed by atoms with van der Waals surface area (Å²) in [5.41, 5.74) is -0.397. The Morgan fingerprint density at radius 1 is 1.38 bits per heavy atom. The second kappa shape index (κ2) is 6.21. The molecule has 0 aromatic carbocycles. The second-order valence-electron chi connectivity index (χ2n) is 4.74. The quantitative estimate of drug-likeness (QED) is 0.689. The van der Waals surface area contributed by atoms with Gasteiger partial charge in [-0.3, -0.25) is 4.79 Å². The van der Waals surface area contributed by atoms with Gasteiger partial charge in [0.2, 0.25) is 0 Å². The number of likely N-dealkylation sites (N-methyl/N-ethyl adjacent to an activating group) is 1. The highest BCUT2D eigenvalue weighted by Gasteiger charge is 2.41. The number of carbonyl (C=O) groups is 1. The molecule has 0 aromatic heterocycles. The van der Waals surface area contributed by atoms with E-state index in [4.69, 9.17) is 4.74 Å². The van der Waals surface area contributed by atoms with Crippen molar-refractivity contribution in [1.82, 2.24) is 10.2 Å². The lowest BCUT2D eigenvalue weighted by atomic mass is 9.98. The summed E-state index contributed by atoms with van der Waals surface area (Å²) in [4.78, 5) is 14.1. The zero-order chi connectivity index (χ0) is 12.0. The molecule has 1 fully saturated rings. The van der Waals surface area contributed by atoms with Crippen LogP contribution in [0.15, 0.2) is 0 Å². The molecule has 4 heteroatoms. The Morgan fingerprint density at radius 3 is 2.50 bits per heavy atom. The maximum Gasteiger partial charge on any atom is 0.326 e. The Labute approximate surface area is 98.3 Å². The van der Waals surface area contributed by atoms with Gasteiger partial charge in [-0.05, 0) is 33.9 Å². The zero-order valence-electron chi connectivity index (χ0n) is 10.7. The van der Waals surface area contributed by atoms with E-state index in [0.29, 0.717) is 6.61 Å². The standard InChI is InChI=1S/C12H24N2O2/c1-4-16-11(15)12(7-5-6-8-12)13-9-10-14(2)3/h13H,4-10H2,1-3H3. The van der Waals surface area contributed by atoms with Crippen LogP contribution >= 0.6 is 0 Å². The third-order valence-corrected chi connectivity index (χ3v) is 3.15. The molecule has 0 spiro atoms. The normalized spacial score (nSPS) is 19.0. The molecule has 0 unspecified atom stereocenters. The maximum atomic E-state index is 11.9. The van der Waals surface area contributed by atoms with Crippen LogP contribution < -0.4 is 5.32 Å². The molecule has 1 N–H and O–H groups in total. The van der Waals surface area contributed by atoms with Crippen molar-refractivity contribution in [2.75, 3.05) is 33.8 Å². The maximum absolute atomic E-state index is 11.9. The summed E-state index contributed by atoms with van der Waals surface area (Å²) in [5, 5.41) is 3.39. The van der Waals surface area contributed by atoms with E-state index in [-0.39, 0.29) is 5.97 Å². The minimum absolute atomic E-state index is 0.0637. The fourth-order valence-electron chi connectivity index (χ4n) is 2.22. The fraction of sp³-hybridized carbons (Fsp3) is 0.917. The Kier molecular flexibility index (Phi) is 5.22. The van der Waals surface area contributed by atoms with Crippen LogP contribution in [0.25, 0.3) is 0 Å². The number of rotatable bonds is 6. The first-order valence-corrected chi connectivity index (χ1v) is 6.18. The van der Waals surface area contributed by atoms with Crippen LogP contribution in [-0.2, 0) is 9.53 Å². The molecule has 0 bridgehead atoms. The average molecular weight is 228 g/mol. The Morgan fingerprint density at radius 2 is 2.00 bits per heavy atom. The molecular formula is C12H24N2O2. The summed E-state index contributed by atoms with van der Waals surface area (Å²) in [6, 6.07) is 0. The van der Waals surface area contributed by atoms with E-state index in [9.17, 15) is 4.79 Å². The van der Waals surface area contributed by atoms with Crippen molar-refractivity contribution in [3.8, 4) is 0 Å². The predicted molar refractivity (Wildman–Crippen MR) is 64.4 cm³/mol. The molecule has 1 saturated carbocycles. The number of hydrogen-bond acceptors (Lipinski definition) is 4. The summed E-state index contributed by atoms with van der Waals surface area (Å²) in [7, 11) is 4.07. The van der Waals surface area contributed by atoms with Crippen molar-refractivity contribution in [1.29, 1.82) is 0 Å². The molecule has 0 aliphatic heterocycles. The summed E-state index contributed by atoms with van der Waals surface area (Å²) in [5.74, 6) is -0.0637. The third kappa shape index (κ3) is 3.46. The Bertz CT molecular complexity index is 223. The van der Waals surface area contributed by atoms with E-state index in [1.165, 1.54) is 0 Å². The SMILES string of the molecule is CCOC(=O)C1(NCCN(C)C)CCCC1. The van der Waals surface area contributed by atoms with Crippen LogP contribution in [0.5, 0.6) is 0 Å². The lowest BCUT2D eigenvalue weighted by molar-refractivity contribution is -0.151. The van der Waals surface area contributed by atoms with Gasteiger partial charge in [-0.15, -0.1) is 0 Å². The summed E-state index contributed by atoms with van der Waals surface area (Å²) in [6.45, 7) is 4.11. The molecule has 94 valence electrons. The van der Waals surface area contributed by atoms with Crippen molar-refractivity contribution in [2.45, 2.75) is 38.1 Å². The molecule has 16 heavy (non-hydrogen) atoms. The highest BCUT2D eigenvalue weighted by molar-refractivity contribution is 5.81. The van der Waals surface area contributed by atoms with Crippen molar-refractivity contribution < 1.29 is 9.53 Å². The average Bonchev–Trinajstić information content (AvgIpc) is 2.67. The van der Waals surface area contributed by atoms with Crippen molar-refractivity contribution >= 4 is 5.97 Å². The first kappa shape index (κ1) is 13.5. The molecular weight excluding hydrogens is 204 g/mol. The van der Waals surface area contributed by atoms with Gasteiger partial charge in [0.05, 0.1) is 6.61 Å². The smallest absolute Gasteiger partial charge is 0.326 e. The molecule has 1 rings (SSSR count). The zero-order valence-corrected chi connectivity index (χ0v) is 10.7. The van der Waals surface area contributed by atoms with Crippen molar-refractivity contribution in [3.05, 3.63) is 0 Å². The van der Waals surface area contributed by atoms with Gasteiger partial charge in [-0.2, -0.15) is 0 Å². The minimum atomic E-state index is -0.397. The van der Waals surface area contributed by atoms with Gasteiger partial charge in [0.25, 0.3) is 0 Å². The summed E-state index contributed by atoms with van der Waals surface area (Å²) < 4.78 is 5.17. The molecule has 0 aromatic rings. The number of carbonyl (C=O) groups excluding carboxylic acids is 1. The van der Waals surface area contributed by atoms with Gasteiger partial charge in [-0.1, -0.05) is 12.8 Å². The van der Waals surface area contributed by atoms with Gasteiger partial charge >= 0.3 is 5.97 Å². The molecule has 1 aliphatic carbocycles. The number of ether oxygens (including phenoxy) is 1. The van der Waals surface area contributed by atoms with Crippen LogP contribution in [0.2, 0.25) is 0 Å². The van der Waals surface area contributed by atoms with Gasteiger partial charge in [0, 0.05) is 13.1 Å². The van der Waals surface area contributed by atoms with Gasteiger partial charge in [0.1, 0.15) is 5.54 Å². The van der Waals surface area contributed by atoms with E-state index < -0.39 is 5.54 Å². The molecule has 0 amide bonds. The van der Waals surface area contributed by atoms with Crippen molar-refractivity contribution in [3.63, 3.8) is 0 Å². The number of hydrogen-bond donors (Lipinski definition) is 1.